The van der Waals surface area contributed by atoms with E-state index < -0.39 is 29.2 Å². The van der Waals surface area contributed by atoms with Crippen molar-refractivity contribution in [1.82, 2.24) is 0 Å². The number of benzene rings is 1. The van der Waals surface area contributed by atoms with Gasteiger partial charge in [-0.2, -0.15) is 0 Å². The quantitative estimate of drug-likeness (QED) is 0.614. The Balaban J connectivity index is 2.36. The molecular weight excluding hydrogens is 292 g/mol. The Hall–Kier alpha value is -2.80. The normalized spacial score (nSPS) is 14.5. The molecule has 0 spiro atoms. The summed E-state index contributed by atoms with van der Waals surface area (Å²) >= 11 is 0. The van der Waals surface area contributed by atoms with Crippen molar-refractivity contribution in [1.29, 1.82) is 0 Å². The van der Waals surface area contributed by atoms with E-state index in [1.165, 1.54) is 14.0 Å². The maximum Gasteiger partial charge on any atom is 0.202 e. The van der Waals surface area contributed by atoms with Gasteiger partial charge in [-0.1, -0.05) is 0 Å². The number of carbonyl (C=O) groups is 2. The Morgan fingerprint density at radius 3 is 2.41 bits per heavy atom. The summed E-state index contributed by atoms with van der Waals surface area (Å²) in [6, 6.07) is 1.06. The van der Waals surface area contributed by atoms with Crippen LogP contribution in [0.5, 0.6) is 17.2 Å². The highest BCUT2D eigenvalue weighted by Crippen LogP contribution is 2.44. The predicted octanol–water partition coefficient (Wildman–Crippen LogP) is 1.53. The number of hydrogen-bond donors (Lipinski definition) is 3. The van der Waals surface area contributed by atoms with E-state index >= 15 is 0 Å². The Bertz CT molecular complexity index is 814. The van der Waals surface area contributed by atoms with Gasteiger partial charge in [-0.05, 0) is 6.92 Å². The van der Waals surface area contributed by atoms with Gasteiger partial charge in [-0.15, -0.1) is 0 Å². The van der Waals surface area contributed by atoms with E-state index in [1.54, 1.807) is 0 Å². The maximum atomic E-state index is 12.6. The van der Waals surface area contributed by atoms with Crippen molar-refractivity contribution in [2.75, 3.05) is 7.11 Å². The second-order valence-electron chi connectivity index (χ2n) is 4.92. The Morgan fingerprint density at radius 1 is 1.14 bits per heavy atom. The van der Waals surface area contributed by atoms with Crippen molar-refractivity contribution in [2.45, 2.75) is 13.0 Å². The third kappa shape index (κ3) is 1.66. The van der Waals surface area contributed by atoms with Crippen LogP contribution >= 0.6 is 0 Å². The summed E-state index contributed by atoms with van der Waals surface area (Å²) < 4.78 is 9.98. The summed E-state index contributed by atoms with van der Waals surface area (Å²) in [6.07, 6.45) is -0.0511. The molecule has 0 saturated carbocycles. The number of methoxy groups -OCH3 is 1. The fourth-order valence-electron chi connectivity index (χ4n) is 2.58. The fraction of sp³-hybridized carbons (Fsp3) is 0.200. The Labute approximate surface area is 124 Å². The molecule has 1 aliphatic carbocycles. The molecule has 2 aromatic rings. The van der Waals surface area contributed by atoms with Gasteiger partial charge < -0.3 is 24.5 Å². The highest BCUT2D eigenvalue weighted by atomic mass is 16.5. The molecule has 7 nitrogen and oxygen atoms in total. The van der Waals surface area contributed by atoms with E-state index in [1.807, 2.05) is 0 Å². The number of ketones is 2. The van der Waals surface area contributed by atoms with Crippen molar-refractivity contribution >= 4 is 11.6 Å². The second kappa shape index (κ2) is 4.60. The van der Waals surface area contributed by atoms with Gasteiger partial charge in [-0.3, -0.25) is 9.59 Å². The van der Waals surface area contributed by atoms with Gasteiger partial charge in [0.05, 0.1) is 29.4 Å². The van der Waals surface area contributed by atoms with Crippen LogP contribution in [-0.2, 0) is 0 Å². The van der Waals surface area contributed by atoms with Crippen LogP contribution in [0.3, 0.4) is 0 Å². The number of hydrogen-bond acceptors (Lipinski definition) is 7. The van der Waals surface area contributed by atoms with E-state index in [2.05, 4.69) is 0 Å². The highest BCUT2D eigenvalue weighted by Gasteiger charge is 2.40. The molecule has 0 radical (unpaired) electrons. The van der Waals surface area contributed by atoms with E-state index in [-0.39, 0.29) is 33.8 Å². The number of phenolic OH excluding ortho intramolecular Hbond substituents is 2. The molecule has 3 rings (SSSR count). The number of furan rings is 1. The first kappa shape index (κ1) is 14.2. The van der Waals surface area contributed by atoms with Crippen molar-refractivity contribution in [3.63, 3.8) is 0 Å². The number of phenols is 2. The lowest BCUT2D eigenvalue weighted by atomic mass is 9.83. The zero-order valence-electron chi connectivity index (χ0n) is 11.7. The van der Waals surface area contributed by atoms with Gasteiger partial charge in [0.25, 0.3) is 0 Å². The van der Waals surface area contributed by atoms with Crippen molar-refractivity contribution in [2.24, 2.45) is 0 Å². The van der Waals surface area contributed by atoms with Crippen molar-refractivity contribution in [3.05, 3.63) is 40.3 Å². The molecule has 7 heteroatoms. The fourth-order valence-corrected chi connectivity index (χ4v) is 2.58. The third-order valence-corrected chi connectivity index (χ3v) is 3.59. The van der Waals surface area contributed by atoms with Crippen LogP contribution in [0, 0.1) is 0 Å². The highest BCUT2D eigenvalue weighted by molar-refractivity contribution is 6.30. The zero-order valence-corrected chi connectivity index (χ0v) is 11.7. The lowest BCUT2D eigenvalue weighted by Crippen LogP contribution is -2.21. The number of ether oxygens (including phenoxy) is 1. The largest absolute Gasteiger partial charge is 0.507 e. The molecule has 1 aromatic heterocycles. The van der Waals surface area contributed by atoms with E-state index in [9.17, 15) is 24.9 Å². The van der Waals surface area contributed by atoms with Gasteiger partial charge in [0.15, 0.2) is 11.5 Å². The average molecular weight is 304 g/mol. The molecule has 0 amide bonds. The molecule has 0 aliphatic heterocycles. The van der Waals surface area contributed by atoms with Gasteiger partial charge >= 0.3 is 0 Å². The van der Waals surface area contributed by atoms with Gasteiger partial charge in [0.1, 0.15) is 23.9 Å². The monoisotopic (exact) mass is 304 g/mol. The number of fused-ring (bicyclic) bond motifs is 2. The lowest BCUT2D eigenvalue weighted by molar-refractivity contribution is 0.0969. The smallest absolute Gasteiger partial charge is 0.202 e. The van der Waals surface area contributed by atoms with Crippen LogP contribution in [0.4, 0.5) is 0 Å². The first-order valence-corrected chi connectivity index (χ1v) is 6.40. The SMILES string of the molecule is COc1cc(O)c2c(c1O)C(=O)c1c(coc1[C@H](C)O)C2=O. The van der Waals surface area contributed by atoms with Crippen LogP contribution in [0.15, 0.2) is 16.7 Å². The molecule has 1 aliphatic rings. The number of aromatic hydroxyl groups is 2. The number of rotatable bonds is 2. The molecule has 0 unspecified atom stereocenters. The van der Waals surface area contributed by atoms with E-state index in [4.69, 9.17) is 9.15 Å². The predicted molar refractivity (Wildman–Crippen MR) is 72.5 cm³/mol. The van der Waals surface area contributed by atoms with Crippen LogP contribution in [0.1, 0.15) is 50.6 Å². The summed E-state index contributed by atoms with van der Waals surface area (Å²) in [5.41, 5.74) is -0.852. The summed E-state index contributed by atoms with van der Waals surface area (Å²) in [4.78, 5) is 25.1. The van der Waals surface area contributed by atoms with E-state index in [0.717, 1.165) is 12.3 Å². The second-order valence-corrected chi connectivity index (χ2v) is 4.92. The van der Waals surface area contributed by atoms with Crippen molar-refractivity contribution < 1.29 is 34.1 Å². The third-order valence-electron chi connectivity index (χ3n) is 3.59. The number of aliphatic hydroxyl groups is 1. The van der Waals surface area contributed by atoms with Crippen LogP contribution in [0.25, 0.3) is 0 Å². The van der Waals surface area contributed by atoms with E-state index in [0.29, 0.717) is 0 Å². The van der Waals surface area contributed by atoms with Crippen LogP contribution in [-0.4, -0.2) is 34.0 Å². The lowest BCUT2D eigenvalue weighted by Gasteiger charge is -2.19. The molecule has 1 aromatic carbocycles. The minimum absolute atomic E-state index is 0.0618. The minimum atomic E-state index is -1.11. The van der Waals surface area contributed by atoms with Gasteiger partial charge in [0.2, 0.25) is 11.6 Å². The maximum absolute atomic E-state index is 12.6. The van der Waals surface area contributed by atoms with Crippen LogP contribution < -0.4 is 4.74 Å². The number of carbonyl (C=O) groups excluding carboxylic acids is 2. The number of aliphatic hydroxyl groups excluding tert-OH is 1. The Kier molecular flexibility index (Phi) is 2.96. The van der Waals surface area contributed by atoms with Gasteiger partial charge in [-0.25, -0.2) is 0 Å². The first-order chi connectivity index (χ1) is 10.4. The molecule has 0 saturated heterocycles. The Morgan fingerprint density at radius 2 is 1.82 bits per heavy atom. The summed E-state index contributed by atoms with van der Waals surface area (Å²) in [6.45, 7) is 1.38. The molecule has 1 atom stereocenters. The summed E-state index contributed by atoms with van der Waals surface area (Å²) in [7, 11) is 1.25. The molecule has 114 valence electrons. The molecule has 3 N–H and O–H groups in total. The average Bonchev–Trinajstić information content (AvgIpc) is 2.92. The molecule has 0 fully saturated rings. The zero-order chi connectivity index (χ0) is 16.2. The summed E-state index contributed by atoms with van der Waals surface area (Å²) in [5.74, 6) is -2.62. The molecular formula is C15H12O7. The molecule has 1 heterocycles. The topological polar surface area (TPSA) is 117 Å². The van der Waals surface area contributed by atoms with Gasteiger partial charge in [0, 0.05) is 6.07 Å². The molecule has 22 heavy (non-hydrogen) atoms. The van der Waals surface area contributed by atoms with Crippen molar-refractivity contribution in [3.8, 4) is 17.2 Å². The molecule has 0 bridgehead atoms. The minimum Gasteiger partial charge on any atom is -0.507 e. The standard InChI is InChI=1S/C15H12O7/c1-5(16)15-9-6(4-22-15)12(18)10-7(17)3-8(21-2)13(19)11(10)14(9)20/h3-5,16-17,19H,1-2H3/t5-/m0/s1. The first-order valence-electron chi connectivity index (χ1n) is 6.40. The summed E-state index contributed by atoms with van der Waals surface area (Å²) in [5, 5.41) is 29.8. The van der Waals surface area contributed by atoms with Crippen LogP contribution in [0.2, 0.25) is 0 Å².